The molecule has 1 saturated carbocycles. The maximum Gasteiger partial charge on any atom is 0.254 e. The Hall–Kier alpha value is -1.59. The topological polar surface area (TPSA) is 42.0 Å². The highest BCUT2D eigenvalue weighted by molar-refractivity contribution is 5.94. The van der Waals surface area contributed by atoms with E-state index in [1.165, 1.54) is 19.4 Å². The van der Waals surface area contributed by atoms with E-state index in [1.807, 2.05) is 29.2 Å². The van der Waals surface area contributed by atoms with Gasteiger partial charge in [0.2, 0.25) is 0 Å². The highest BCUT2D eigenvalue weighted by Crippen LogP contribution is 2.45. The second-order valence-electron chi connectivity index (χ2n) is 8.36. The van der Waals surface area contributed by atoms with Crippen molar-refractivity contribution in [2.24, 2.45) is 17.3 Å². The van der Waals surface area contributed by atoms with Crippen molar-refractivity contribution in [3.05, 3.63) is 29.8 Å². The van der Waals surface area contributed by atoms with Crippen LogP contribution in [0.2, 0.25) is 0 Å². The molecule has 1 aromatic carbocycles. The van der Waals surface area contributed by atoms with E-state index in [2.05, 4.69) is 4.90 Å². The van der Waals surface area contributed by atoms with Crippen molar-refractivity contribution in [2.45, 2.75) is 19.3 Å². The second-order valence-corrected chi connectivity index (χ2v) is 8.36. The predicted octanol–water partition coefficient (Wildman–Crippen LogP) is 2.52. The van der Waals surface area contributed by atoms with Gasteiger partial charge in [-0.1, -0.05) is 6.07 Å². The monoisotopic (exact) mass is 358 g/mol. The molecule has 0 aromatic heterocycles. The molecule has 5 nitrogen and oxygen atoms in total. The SMILES string of the molecule is COC[C@H]1CN(CC2CC2)C[C@@]12CCN(C(=O)c1cccc(OC)c1)C2. The van der Waals surface area contributed by atoms with Crippen LogP contribution in [0, 0.1) is 17.3 Å². The lowest BCUT2D eigenvalue weighted by Crippen LogP contribution is -2.38. The third kappa shape index (κ3) is 3.47. The summed E-state index contributed by atoms with van der Waals surface area (Å²) in [5, 5.41) is 0. The summed E-state index contributed by atoms with van der Waals surface area (Å²) >= 11 is 0. The highest BCUT2D eigenvalue weighted by atomic mass is 16.5. The van der Waals surface area contributed by atoms with Crippen LogP contribution >= 0.6 is 0 Å². The quantitative estimate of drug-likeness (QED) is 0.784. The summed E-state index contributed by atoms with van der Waals surface area (Å²) in [4.78, 5) is 17.7. The van der Waals surface area contributed by atoms with Crippen LogP contribution in [-0.4, -0.2) is 69.3 Å². The smallest absolute Gasteiger partial charge is 0.254 e. The van der Waals surface area contributed by atoms with E-state index in [0.29, 0.717) is 5.92 Å². The fraction of sp³-hybridized carbons (Fsp3) is 0.667. The van der Waals surface area contributed by atoms with Crippen LogP contribution in [0.4, 0.5) is 0 Å². The number of carbonyl (C=O) groups excluding carboxylic acids is 1. The van der Waals surface area contributed by atoms with E-state index >= 15 is 0 Å². The Morgan fingerprint density at radius 1 is 1.27 bits per heavy atom. The second kappa shape index (κ2) is 7.20. The molecular weight excluding hydrogens is 328 g/mol. The van der Waals surface area contributed by atoms with Gasteiger partial charge in [-0.05, 0) is 43.4 Å². The van der Waals surface area contributed by atoms with E-state index in [4.69, 9.17) is 9.47 Å². The molecule has 1 aliphatic carbocycles. The van der Waals surface area contributed by atoms with Gasteiger partial charge in [0.15, 0.2) is 0 Å². The number of likely N-dealkylation sites (tertiary alicyclic amines) is 2. The van der Waals surface area contributed by atoms with Crippen molar-refractivity contribution < 1.29 is 14.3 Å². The van der Waals surface area contributed by atoms with Gasteiger partial charge in [0, 0.05) is 56.7 Å². The third-order valence-corrected chi connectivity index (χ3v) is 6.45. The zero-order valence-electron chi connectivity index (χ0n) is 15.9. The summed E-state index contributed by atoms with van der Waals surface area (Å²) in [5.41, 5.74) is 0.914. The van der Waals surface area contributed by atoms with Gasteiger partial charge in [-0.2, -0.15) is 0 Å². The Balaban J connectivity index is 1.47. The molecule has 5 heteroatoms. The van der Waals surface area contributed by atoms with Crippen LogP contribution in [-0.2, 0) is 4.74 Å². The number of rotatable bonds is 6. The summed E-state index contributed by atoms with van der Waals surface area (Å²) in [6.07, 6.45) is 3.86. The number of benzene rings is 1. The number of amides is 1. The molecule has 0 bridgehead atoms. The normalized spacial score (nSPS) is 28.8. The maximum atomic E-state index is 13.0. The Bertz CT molecular complexity index is 660. The standard InChI is InChI=1S/C21H30N2O3/c1-25-13-18-12-22(11-16-6-7-16)14-21(18)8-9-23(15-21)20(24)17-4-3-5-19(10-17)26-2/h3-5,10,16,18H,6-9,11-15H2,1-2H3/t18-,21-/m1/s1. The maximum absolute atomic E-state index is 13.0. The lowest BCUT2D eigenvalue weighted by Gasteiger charge is -2.30. The molecule has 2 aliphatic heterocycles. The number of methoxy groups -OCH3 is 2. The third-order valence-electron chi connectivity index (χ3n) is 6.45. The minimum atomic E-state index is 0.123. The molecule has 0 radical (unpaired) electrons. The predicted molar refractivity (Wildman–Crippen MR) is 100 cm³/mol. The molecule has 142 valence electrons. The van der Waals surface area contributed by atoms with Gasteiger partial charge in [0.05, 0.1) is 13.7 Å². The summed E-state index contributed by atoms with van der Waals surface area (Å²) in [7, 11) is 3.43. The van der Waals surface area contributed by atoms with E-state index in [9.17, 15) is 4.79 Å². The average Bonchev–Trinajstić information content (AvgIpc) is 3.27. The van der Waals surface area contributed by atoms with Crippen LogP contribution in [0.15, 0.2) is 24.3 Å². The first-order chi connectivity index (χ1) is 12.6. The molecule has 3 aliphatic rings. The van der Waals surface area contributed by atoms with E-state index < -0.39 is 0 Å². The Labute approximate surface area is 156 Å². The van der Waals surface area contributed by atoms with Gasteiger partial charge >= 0.3 is 0 Å². The Kier molecular flexibility index (Phi) is 4.93. The summed E-state index contributed by atoms with van der Waals surface area (Å²) in [6.45, 7) is 5.94. The lowest BCUT2D eigenvalue weighted by atomic mass is 9.77. The van der Waals surface area contributed by atoms with Crippen molar-refractivity contribution in [3.63, 3.8) is 0 Å². The molecule has 26 heavy (non-hydrogen) atoms. The highest BCUT2D eigenvalue weighted by Gasteiger charge is 2.51. The molecule has 4 rings (SSSR count). The Morgan fingerprint density at radius 2 is 2.12 bits per heavy atom. The van der Waals surface area contributed by atoms with Gasteiger partial charge in [-0.3, -0.25) is 4.79 Å². The van der Waals surface area contributed by atoms with Gasteiger partial charge in [-0.15, -0.1) is 0 Å². The van der Waals surface area contributed by atoms with Gasteiger partial charge in [-0.25, -0.2) is 0 Å². The van der Waals surface area contributed by atoms with Crippen molar-refractivity contribution >= 4 is 5.91 Å². The molecule has 1 amide bonds. The van der Waals surface area contributed by atoms with Crippen molar-refractivity contribution in [2.75, 3.05) is 53.6 Å². The molecule has 3 fully saturated rings. The minimum Gasteiger partial charge on any atom is -0.497 e. The number of hydrogen-bond acceptors (Lipinski definition) is 4. The van der Waals surface area contributed by atoms with Crippen LogP contribution in [0.5, 0.6) is 5.75 Å². The molecule has 1 spiro atoms. The van der Waals surface area contributed by atoms with Crippen LogP contribution in [0.1, 0.15) is 29.6 Å². The van der Waals surface area contributed by atoms with Crippen molar-refractivity contribution in [1.29, 1.82) is 0 Å². The molecule has 1 aromatic rings. The van der Waals surface area contributed by atoms with Gasteiger partial charge < -0.3 is 19.3 Å². The fourth-order valence-electron chi connectivity index (χ4n) is 4.85. The number of hydrogen-bond donors (Lipinski definition) is 0. The first-order valence-corrected chi connectivity index (χ1v) is 9.78. The minimum absolute atomic E-state index is 0.123. The summed E-state index contributed by atoms with van der Waals surface area (Å²) in [6, 6.07) is 7.49. The molecule has 0 unspecified atom stereocenters. The number of nitrogens with zero attached hydrogens (tertiary/aromatic N) is 2. The zero-order chi connectivity index (χ0) is 18.1. The first kappa shape index (κ1) is 17.8. The van der Waals surface area contributed by atoms with E-state index in [0.717, 1.165) is 56.4 Å². The largest absolute Gasteiger partial charge is 0.497 e. The fourth-order valence-corrected chi connectivity index (χ4v) is 4.85. The molecular formula is C21H30N2O3. The van der Waals surface area contributed by atoms with Crippen molar-refractivity contribution in [1.82, 2.24) is 9.80 Å². The summed E-state index contributed by atoms with van der Waals surface area (Å²) in [5.74, 6) is 2.29. The zero-order valence-corrected chi connectivity index (χ0v) is 15.9. The van der Waals surface area contributed by atoms with E-state index in [1.54, 1.807) is 14.2 Å². The Morgan fingerprint density at radius 3 is 2.85 bits per heavy atom. The summed E-state index contributed by atoms with van der Waals surface area (Å²) < 4.78 is 10.8. The lowest BCUT2D eigenvalue weighted by molar-refractivity contribution is 0.0715. The van der Waals surface area contributed by atoms with Crippen LogP contribution in [0.25, 0.3) is 0 Å². The van der Waals surface area contributed by atoms with Gasteiger partial charge in [0.25, 0.3) is 5.91 Å². The average molecular weight is 358 g/mol. The van der Waals surface area contributed by atoms with Gasteiger partial charge in [0.1, 0.15) is 5.75 Å². The van der Waals surface area contributed by atoms with Crippen molar-refractivity contribution in [3.8, 4) is 5.75 Å². The number of ether oxygens (including phenoxy) is 2. The van der Waals surface area contributed by atoms with Crippen LogP contribution < -0.4 is 4.74 Å². The molecule has 2 atom stereocenters. The molecule has 2 saturated heterocycles. The molecule has 0 N–H and O–H groups in total. The number of carbonyl (C=O) groups is 1. The first-order valence-electron chi connectivity index (χ1n) is 9.78. The van der Waals surface area contributed by atoms with E-state index in [-0.39, 0.29) is 11.3 Å². The molecule has 2 heterocycles. The van der Waals surface area contributed by atoms with Crippen LogP contribution in [0.3, 0.4) is 0 Å².